The molecule has 1 amide bonds. The Balaban J connectivity index is 1.96. The van der Waals surface area contributed by atoms with Crippen molar-refractivity contribution in [3.05, 3.63) is 57.5 Å². The van der Waals surface area contributed by atoms with Crippen LogP contribution in [0.4, 0.5) is 18.9 Å². The quantitative estimate of drug-likeness (QED) is 0.761. The van der Waals surface area contributed by atoms with Crippen molar-refractivity contribution in [1.82, 2.24) is 0 Å². The smallest absolute Gasteiger partial charge is 0.416 e. The van der Waals surface area contributed by atoms with Crippen LogP contribution in [0.2, 0.25) is 5.02 Å². The molecule has 0 aliphatic carbocycles. The number of amides is 1. The van der Waals surface area contributed by atoms with Crippen molar-refractivity contribution in [3.8, 4) is 5.75 Å². The summed E-state index contributed by atoms with van der Waals surface area (Å²) in [6.07, 6.45) is -4.49. The summed E-state index contributed by atoms with van der Waals surface area (Å²) in [5, 5.41) is 2.20. The normalized spacial score (nSPS) is 11.2. The van der Waals surface area contributed by atoms with Gasteiger partial charge in [0, 0.05) is 4.47 Å². The number of halogens is 5. The van der Waals surface area contributed by atoms with Crippen molar-refractivity contribution >= 4 is 39.1 Å². The van der Waals surface area contributed by atoms with Gasteiger partial charge in [-0.25, -0.2) is 0 Å². The number of alkyl halides is 3. The van der Waals surface area contributed by atoms with Crippen molar-refractivity contribution in [2.75, 3.05) is 11.9 Å². The van der Waals surface area contributed by atoms with Crippen LogP contribution in [0.25, 0.3) is 0 Å². The van der Waals surface area contributed by atoms with Crippen LogP contribution in [-0.2, 0) is 11.0 Å². The van der Waals surface area contributed by atoms with Gasteiger partial charge in [-0.05, 0) is 42.5 Å². The summed E-state index contributed by atoms with van der Waals surface area (Å²) in [7, 11) is 0. The molecule has 1 N–H and O–H groups in total. The lowest BCUT2D eigenvalue weighted by molar-refractivity contribution is -0.137. The molecule has 23 heavy (non-hydrogen) atoms. The van der Waals surface area contributed by atoms with E-state index in [0.29, 0.717) is 5.75 Å². The van der Waals surface area contributed by atoms with Gasteiger partial charge in [0.2, 0.25) is 0 Å². The summed E-state index contributed by atoms with van der Waals surface area (Å²) < 4.78 is 43.7. The van der Waals surface area contributed by atoms with Gasteiger partial charge in [-0.3, -0.25) is 4.79 Å². The molecule has 122 valence electrons. The molecule has 0 bridgehead atoms. The zero-order valence-corrected chi connectivity index (χ0v) is 13.8. The number of carbonyl (C=O) groups is 1. The number of anilines is 1. The Morgan fingerprint density at radius 2 is 1.83 bits per heavy atom. The number of hydrogen-bond donors (Lipinski definition) is 1. The average Bonchev–Trinajstić information content (AvgIpc) is 2.48. The average molecular weight is 409 g/mol. The molecule has 0 saturated heterocycles. The molecule has 2 rings (SSSR count). The highest BCUT2D eigenvalue weighted by Gasteiger charge is 2.30. The Morgan fingerprint density at radius 1 is 1.17 bits per heavy atom. The van der Waals surface area contributed by atoms with Crippen molar-refractivity contribution in [1.29, 1.82) is 0 Å². The maximum absolute atomic E-state index is 12.5. The summed E-state index contributed by atoms with van der Waals surface area (Å²) in [6, 6.07) is 9.54. The molecule has 0 aromatic heterocycles. The molecule has 2 aromatic carbocycles. The summed E-state index contributed by atoms with van der Waals surface area (Å²) in [5.41, 5.74) is -0.796. The molecule has 0 radical (unpaired) electrons. The fourth-order valence-corrected chi connectivity index (χ4v) is 2.15. The van der Waals surface area contributed by atoms with Crippen LogP contribution in [-0.4, -0.2) is 12.5 Å². The number of carbonyl (C=O) groups excluding carboxylic acids is 1. The van der Waals surface area contributed by atoms with E-state index < -0.39 is 17.6 Å². The largest absolute Gasteiger partial charge is 0.484 e. The van der Waals surface area contributed by atoms with Gasteiger partial charge in [-0.1, -0.05) is 27.5 Å². The van der Waals surface area contributed by atoms with E-state index >= 15 is 0 Å². The molecule has 0 unspecified atom stereocenters. The van der Waals surface area contributed by atoms with Gasteiger partial charge < -0.3 is 10.1 Å². The molecule has 0 spiro atoms. The van der Waals surface area contributed by atoms with Crippen LogP contribution >= 0.6 is 27.5 Å². The second-order valence-corrected chi connectivity index (χ2v) is 5.81. The Hall–Kier alpha value is -1.73. The van der Waals surface area contributed by atoms with Crippen molar-refractivity contribution in [2.45, 2.75) is 6.18 Å². The fraction of sp³-hybridized carbons (Fsp3) is 0.133. The molecule has 0 heterocycles. The first kappa shape index (κ1) is 17.6. The second kappa shape index (κ2) is 7.23. The number of ether oxygens (including phenoxy) is 1. The minimum Gasteiger partial charge on any atom is -0.484 e. The van der Waals surface area contributed by atoms with E-state index in [1.807, 2.05) is 0 Å². The highest BCUT2D eigenvalue weighted by atomic mass is 79.9. The standard InChI is InChI=1S/C15H10BrClF3NO2/c16-10-2-4-11(5-3-10)23-8-14(22)21-13-6-1-9(7-12(13)17)15(18,19)20/h1-7H,8H2,(H,21,22). The minimum atomic E-state index is -4.49. The third kappa shape index (κ3) is 5.14. The molecule has 3 nitrogen and oxygen atoms in total. The van der Waals surface area contributed by atoms with Crippen LogP contribution in [0.1, 0.15) is 5.56 Å². The lowest BCUT2D eigenvalue weighted by Gasteiger charge is -2.11. The third-order valence-corrected chi connectivity index (χ3v) is 3.60. The first-order chi connectivity index (χ1) is 10.8. The van der Waals surface area contributed by atoms with Gasteiger partial charge in [0.25, 0.3) is 5.91 Å². The van der Waals surface area contributed by atoms with Crippen LogP contribution in [0, 0.1) is 0 Å². The maximum Gasteiger partial charge on any atom is 0.416 e. The number of rotatable bonds is 4. The zero-order valence-electron chi connectivity index (χ0n) is 11.5. The van der Waals surface area contributed by atoms with Gasteiger partial charge in [0.15, 0.2) is 6.61 Å². The van der Waals surface area contributed by atoms with E-state index in [-0.39, 0.29) is 17.3 Å². The highest BCUT2D eigenvalue weighted by molar-refractivity contribution is 9.10. The first-order valence-corrected chi connectivity index (χ1v) is 7.48. The van der Waals surface area contributed by atoms with Gasteiger partial charge in [0.1, 0.15) is 5.75 Å². The second-order valence-electron chi connectivity index (χ2n) is 4.48. The van der Waals surface area contributed by atoms with E-state index in [0.717, 1.165) is 22.7 Å². The van der Waals surface area contributed by atoms with Crippen molar-refractivity contribution < 1.29 is 22.7 Å². The Kier molecular flexibility index (Phi) is 5.54. The number of benzene rings is 2. The Bertz CT molecular complexity index is 705. The van der Waals surface area contributed by atoms with E-state index in [1.54, 1.807) is 24.3 Å². The van der Waals surface area contributed by atoms with E-state index in [4.69, 9.17) is 16.3 Å². The van der Waals surface area contributed by atoms with E-state index in [1.165, 1.54) is 0 Å². The molecule has 0 atom stereocenters. The van der Waals surface area contributed by atoms with Crippen molar-refractivity contribution in [3.63, 3.8) is 0 Å². The molecular formula is C15H10BrClF3NO2. The predicted octanol–water partition coefficient (Wildman–Crippen LogP) is 5.14. The molecule has 0 saturated carbocycles. The van der Waals surface area contributed by atoms with E-state index in [9.17, 15) is 18.0 Å². The lowest BCUT2D eigenvalue weighted by Crippen LogP contribution is -2.20. The van der Waals surface area contributed by atoms with Crippen LogP contribution in [0.5, 0.6) is 5.75 Å². The topological polar surface area (TPSA) is 38.3 Å². The predicted molar refractivity (Wildman–Crippen MR) is 84.7 cm³/mol. The zero-order chi connectivity index (χ0) is 17.0. The maximum atomic E-state index is 12.5. The van der Waals surface area contributed by atoms with Gasteiger partial charge in [-0.2, -0.15) is 13.2 Å². The van der Waals surface area contributed by atoms with Crippen LogP contribution in [0.15, 0.2) is 46.9 Å². The molecular weight excluding hydrogens is 399 g/mol. The molecule has 0 aliphatic rings. The van der Waals surface area contributed by atoms with E-state index in [2.05, 4.69) is 21.2 Å². The summed E-state index contributed by atoms with van der Waals surface area (Å²) in [4.78, 5) is 11.8. The SMILES string of the molecule is O=C(COc1ccc(Br)cc1)Nc1ccc(C(F)(F)F)cc1Cl. The van der Waals surface area contributed by atoms with Gasteiger partial charge >= 0.3 is 6.18 Å². The van der Waals surface area contributed by atoms with Crippen LogP contribution < -0.4 is 10.1 Å². The molecule has 2 aromatic rings. The molecule has 0 fully saturated rings. The minimum absolute atomic E-state index is 0.0871. The van der Waals surface area contributed by atoms with Gasteiger partial charge in [0.05, 0.1) is 16.3 Å². The molecule has 8 heteroatoms. The summed E-state index contributed by atoms with van der Waals surface area (Å²) in [6.45, 7) is -0.293. The van der Waals surface area contributed by atoms with Crippen LogP contribution in [0.3, 0.4) is 0 Å². The first-order valence-electron chi connectivity index (χ1n) is 6.30. The number of hydrogen-bond acceptors (Lipinski definition) is 2. The highest BCUT2D eigenvalue weighted by Crippen LogP contribution is 2.33. The lowest BCUT2D eigenvalue weighted by atomic mass is 10.2. The summed E-state index contributed by atoms with van der Waals surface area (Å²) >= 11 is 9.02. The molecule has 0 aliphatic heterocycles. The Morgan fingerprint density at radius 3 is 2.39 bits per heavy atom. The third-order valence-electron chi connectivity index (χ3n) is 2.75. The Labute approximate surface area is 143 Å². The monoisotopic (exact) mass is 407 g/mol. The van der Waals surface area contributed by atoms with Crippen molar-refractivity contribution in [2.24, 2.45) is 0 Å². The van der Waals surface area contributed by atoms with Gasteiger partial charge in [-0.15, -0.1) is 0 Å². The number of nitrogens with one attached hydrogen (secondary N) is 1. The fourth-order valence-electron chi connectivity index (χ4n) is 1.66. The summed E-state index contributed by atoms with van der Waals surface area (Å²) in [5.74, 6) is -0.0450.